The highest BCUT2D eigenvalue weighted by molar-refractivity contribution is 5.85. The summed E-state index contributed by atoms with van der Waals surface area (Å²) in [6, 6.07) is 17.0. The molecule has 0 aliphatic rings. The molecule has 2 unspecified atom stereocenters. The van der Waals surface area contributed by atoms with E-state index < -0.39 is 0 Å². The summed E-state index contributed by atoms with van der Waals surface area (Å²) in [7, 11) is 0. The van der Waals surface area contributed by atoms with Crippen molar-refractivity contribution in [1.82, 2.24) is 10.3 Å². The quantitative estimate of drug-likeness (QED) is 0.590. The number of hydrogen-bond acceptors (Lipinski definition) is 3. The molecule has 2 atom stereocenters. The van der Waals surface area contributed by atoms with E-state index in [1.165, 1.54) is 11.6 Å². The van der Waals surface area contributed by atoms with Crippen molar-refractivity contribution in [3.63, 3.8) is 0 Å². The highest BCUT2D eigenvalue weighted by Crippen LogP contribution is 2.25. The van der Waals surface area contributed by atoms with Crippen LogP contribution in [0.1, 0.15) is 43.5 Å². The van der Waals surface area contributed by atoms with Crippen molar-refractivity contribution in [3.05, 3.63) is 71.5 Å². The Hall–Kier alpha value is -1.88. The molecule has 0 saturated heterocycles. The van der Waals surface area contributed by atoms with E-state index in [4.69, 9.17) is 5.73 Å². The molecule has 0 aliphatic carbocycles. The summed E-state index contributed by atoms with van der Waals surface area (Å²) >= 11 is 0. The number of benzene rings is 2. The van der Waals surface area contributed by atoms with Crippen molar-refractivity contribution in [2.75, 3.05) is 5.73 Å². The fraction of sp³-hybridized carbons (Fsp3) is 0.250. The molecule has 3 nitrogen and oxygen atoms in total. The molecule has 3 aromatic rings. The highest BCUT2D eigenvalue weighted by Gasteiger charge is 2.14. The maximum atomic E-state index is 13.5. The lowest BCUT2D eigenvalue weighted by Gasteiger charge is -2.23. The van der Waals surface area contributed by atoms with Gasteiger partial charge in [-0.3, -0.25) is 0 Å². The number of rotatable bonds is 5. The number of nitrogens with one attached hydrogen (secondary N) is 1. The van der Waals surface area contributed by atoms with Crippen LogP contribution in [0.2, 0.25) is 0 Å². The third-order valence-electron chi connectivity index (χ3n) is 4.35. The van der Waals surface area contributed by atoms with Crippen LogP contribution in [-0.2, 0) is 0 Å². The van der Waals surface area contributed by atoms with E-state index in [9.17, 15) is 4.39 Å². The number of pyridine rings is 1. The Morgan fingerprint density at radius 2 is 1.81 bits per heavy atom. The Bertz CT molecular complexity index is 857. The fourth-order valence-corrected chi connectivity index (χ4v) is 3.00. The minimum absolute atomic E-state index is 0. The Morgan fingerprint density at radius 3 is 2.50 bits per heavy atom. The third-order valence-corrected chi connectivity index (χ3v) is 4.35. The Labute approximate surface area is 166 Å². The molecule has 3 N–H and O–H groups in total. The maximum absolute atomic E-state index is 13.5. The van der Waals surface area contributed by atoms with Gasteiger partial charge in [0.25, 0.3) is 0 Å². The molecule has 1 aromatic heterocycles. The summed E-state index contributed by atoms with van der Waals surface area (Å²) in [5.41, 5.74) is 8.76. The molecule has 1 heterocycles. The van der Waals surface area contributed by atoms with Gasteiger partial charge >= 0.3 is 0 Å². The Balaban J connectivity index is 0.00000169. The van der Waals surface area contributed by atoms with Crippen LogP contribution in [0.25, 0.3) is 10.9 Å². The molecule has 6 heteroatoms. The third kappa shape index (κ3) is 5.07. The van der Waals surface area contributed by atoms with Gasteiger partial charge in [0, 0.05) is 17.5 Å². The van der Waals surface area contributed by atoms with Gasteiger partial charge < -0.3 is 11.1 Å². The molecular weight excluding hydrogens is 372 g/mol. The van der Waals surface area contributed by atoms with Gasteiger partial charge in [-0.05, 0) is 60.9 Å². The van der Waals surface area contributed by atoms with Crippen LogP contribution in [0, 0.1) is 5.82 Å². The average molecular weight is 396 g/mol. The lowest BCUT2D eigenvalue weighted by molar-refractivity contribution is 0.454. The number of halogens is 3. The normalized spacial score (nSPS) is 12.7. The summed E-state index contributed by atoms with van der Waals surface area (Å²) < 4.78 is 13.5. The van der Waals surface area contributed by atoms with E-state index in [0.29, 0.717) is 5.82 Å². The largest absolute Gasteiger partial charge is 0.384 e. The van der Waals surface area contributed by atoms with Crippen molar-refractivity contribution in [1.29, 1.82) is 0 Å². The van der Waals surface area contributed by atoms with Crippen molar-refractivity contribution < 1.29 is 4.39 Å². The summed E-state index contributed by atoms with van der Waals surface area (Å²) in [5.74, 6) is 0.327. The number of nitrogens with zero attached hydrogens (tertiary/aromatic N) is 1. The molecule has 0 bridgehead atoms. The number of fused-ring (bicyclic) bond motifs is 1. The molecule has 0 radical (unpaired) electrons. The standard InChI is InChI=1S/C20H22FN3.2ClH/c1-3-18(15-5-4-6-17(21)12-15)23-13(2)14-7-9-19-16(11-14)8-10-20(22)24-19;;/h4-13,18,23H,3H2,1-2H3,(H2,22,24);2*1H. The van der Waals surface area contributed by atoms with Gasteiger partial charge in [-0.15, -0.1) is 24.8 Å². The first kappa shape index (κ1) is 22.2. The SMILES string of the molecule is CCC(NC(C)c1ccc2nc(N)ccc2c1)c1cccc(F)c1.Cl.Cl. The highest BCUT2D eigenvalue weighted by atomic mass is 35.5. The van der Waals surface area contributed by atoms with Gasteiger partial charge in [0.1, 0.15) is 11.6 Å². The molecular formula is C20H24Cl2FN3. The summed E-state index contributed by atoms with van der Waals surface area (Å²) in [5, 5.41) is 4.65. The summed E-state index contributed by atoms with van der Waals surface area (Å²) in [6.45, 7) is 4.22. The number of hydrogen-bond donors (Lipinski definition) is 2. The second-order valence-corrected chi connectivity index (χ2v) is 6.09. The zero-order chi connectivity index (χ0) is 17.1. The van der Waals surface area contributed by atoms with Crippen molar-refractivity contribution >= 4 is 41.5 Å². The van der Waals surface area contributed by atoms with E-state index in [2.05, 4.69) is 36.3 Å². The van der Waals surface area contributed by atoms with Gasteiger partial charge in [-0.2, -0.15) is 0 Å². The lowest BCUT2D eigenvalue weighted by Crippen LogP contribution is -2.24. The van der Waals surface area contributed by atoms with Gasteiger partial charge in [0.05, 0.1) is 5.52 Å². The van der Waals surface area contributed by atoms with Crippen molar-refractivity contribution in [2.45, 2.75) is 32.4 Å². The van der Waals surface area contributed by atoms with Gasteiger partial charge in [0.15, 0.2) is 0 Å². The number of nitrogens with two attached hydrogens (primary N) is 1. The zero-order valence-corrected chi connectivity index (χ0v) is 16.4. The first-order valence-corrected chi connectivity index (χ1v) is 8.24. The van der Waals surface area contributed by atoms with Crippen LogP contribution >= 0.6 is 24.8 Å². The fourth-order valence-electron chi connectivity index (χ4n) is 3.00. The Morgan fingerprint density at radius 1 is 1.04 bits per heavy atom. The van der Waals surface area contributed by atoms with Crippen LogP contribution in [0.15, 0.2) is 54.6 Å². The first-order valence-electron chi connectivity index (χ1n) is 8.24. The van der Waals surface area contributed by atoms with E-state index >= 15 is 0 Å². The van der Waals surface area contributed by atoms with Crippen LogP contribution in [0.5, 0.6) is 0 Å². The molecule has 140 valence electrons. The number of aromatic nitrogens is 1. The predicted octanol–water partition coefficient (Wildman–Crippen LogP) is 5.60. The molecule has 2 aromatic carbocycles. The van der Waals surface area contributed by atoms with Crippen LogP contribution in [0.3, 0.4) is 0 Å². The van der Waals surface area contributed by atoms with Gasteiger partial charge in [-0.1, -0.05) is 25.1 Å². The topological polar surface area (TPSA) is 50.9 Å². The van der Waals surface area contributed by atoms with E-state index in [0.717, 1.165) is 22.9 Å². The van der Waals surface area contributed by atoms with E-state index in [1.54, 1.807) is 12.1 Å². The first-order chi connectivity index (χ1) is 11.6. The van der Waals surface area contributed by atoms with Crippen molar-refractivity contribution in [3.8, 4) is 0 Å². The van der Waals surface area contributed by atoms with E-state index in [-0.39, 0.29) is 42.7 Å². The van der Waals surface area contributed by atoms with Crippen LogP contribution < -0.4 is 11.1 Å². The molecule has 0 aliphatic heterocycles. The molecule has 0 saturated carbocycles. The van der Waals surface area contributed by atoms with Gasteiger partial charge in [0.2, 0.25) is 0 Å². The van der Waals surface area contributed by atoms with Gasteiger partial charge in [-0.25, -0.2) is 9.37 Å². The second-order valence-electron chi connectivity index (χ2n) is 6.09. The number of nitrogen functional groups attached to an aromatic ring is 1. The summed E-state index contributed by atoms with van der Waals surface area (Å²) in [6.07, 6.45) is 0.888. The van der Waals surface area contributed by atoms with E-state index in [1.807, 2.05) is 24.3 Å². The average Bonchev–Trinajstić information content (AvgIpc) is 2.59. The second kappa shape index (κ2) is 9.72. The molecule has 0 amide bonds. The monoisotopic (exact) mass is 395 g/mol. The predicted molar refractivity (Wildman–Crippen MR) is 112 cm³/mol. The summed E-state index contributed by atoms with van der Waals surface area (Å²) in [4.78, 5) is 4.33. The zero-order valence-electron chi connectivity index (χ0n) is 14.8. The molecule has 3 rings (SSSR count). The maximum Gasteiger partial charge on any atom is 0.124 e. The lowest BCUT2D eigenvalue weighted by atomic mass is 10.0. The number of anilines is 1. The van der Waals surface area contributed by atoms with Crippen LogP contribution in [-0.4, -0.2) is 4.98 Å². The molecule has 0 fully saturated rings. The Kier molecular flexibility index (Phi) is 8.28. The minimum atomic E-state index is -0.199. The minimum Gasteiger partial charge on any atom is -0.384 e. The van der Waals surface area contributed by atoms with Crippen LogP contribution in [0.4, 0.5) is 10.2 Å². The van der Waals surface area contributed by atoms with Crippen molar-refractivity contribution in [2.24, 2.45) is 0 Å². The molecule has 0 spiro atoms. The molecule has 26 heavy (non-hydrogen) atoms. The smallest absolute Gasteiger partial charge is 0.124 e.